The molecule has 6 rings (SSSR count). The molecular formula is C27H16FN3O3S. The first-order valence-corrected chi connectivity index (χ1v) is 12.2. The number of carbonyl (C=O) groups is 1. The summed E-state index contributed by atoms with van der Waals surface area (Å²) >= 11 is 0. The maximum atomic E-state index is 13.4. The van der Waals surface area contributed by atoms with Gasteiger partial charge in [-0.15, -0.1) is 4.40 Å². The lowest BCUT2D eigenvalue weighted by atomic mass is 9.87. The van der Waals surface area contributed by atoms with Gasteiger partial charge in [0.15, 0.2) is 11.6 Å². The van der Waals surface area contributed by atoms with Crippen LogP contribution in [0.3, 0.4) is 0 Å². The molecule has 0 saturated carbocycles. The van der Waals surface area contributed by atoms with Crippen molar-refractivity contribution in [1.82, 2.24) is 9.78 Å². The Bertz CT molecular complexity index is 1770. The number of fused-ring (bicyclic) bond motifs is 2. The number of aromatic nitrogens is 2. The van der Waals surface area contributed by atoms with Crippen molar-refractivity contribution in [3.05, 3.63) is 120 Å². The van der Waals surface area contributed by atoms with Crippen molar-refractivity contribution in [3.63, 3.8) is 0 Å². The third-order valence-corrected chi connectivity index (χ3v) is 7.21. The summed E-state index contributed by atoms with van der Waals surface area (Å²) in [6, 6.07) is 25.8. The van der Waals surface area contributed by atoms with Crippen LogP contribution in [0.5, 0.6) is 0 Å². The van der Waals surface area contributed by atoms with Crippen LogP contribution >= 0.6 is 0 Å². The molecule has 1 aromatic heterocycles. The van der Waals surface area contributed by atoms with E-state index in [4.69, 9.17) is 5.10 Å². The van der Waals surface area contributed by atoms with Gasteiger partial charge >= 0.3 is 0 Å². The summed E-state index contributed by atoms with van der Waals surface area (Å²) in [5.41, 5.74) is 3.35. The highest BCUT2D eigenvalue weighted by Crippen LogP contribution is 2.39. The second-order valence-corrected chi connectivity index (χ2v) is 9.65. The van der Waals surface area contributed by atoms with Crippen molar-refractivity contribution in [2.24, 2.45) is 4.40 Å². The molecule has 4 aromatic carbocycles. The lowest BCUT2D eigenvalue weighted by molar-refractivity contribution is 0.104. The highest BCUT2D eigenvalue weighted by Gasteiger charge is 2.30. The lowest BCUT2D eigenvalue weighted by Crippen LogP contribution is -2.17. The van der Waals surface area contributed by atoms with E-state index in [0.717, 1.165) is 12.1 Å². The lowest BCUT2D eigenvalue weighted by Gasteiger charge is -2.13. The number of hydrogen-bond donors (Lipinski definition) is 0. The number of carbonyl (C=O) groups excluding carboxylic acids is 1. The zero-order chi connectivity index (χ0) is 24.2. The molecule has 0 spiro atoms. The summed E-state index contributed by atoms with van der Waals surface area (Å²) < 4.78 is 45.5. The SMILES string of the molecule is O=C1c2ccccc2-c2nn(/C(=N/S(=O)(=O)c3ccc(F)cc3)c3ccccc3)c3cccc1c23. The van der Waals surface area contributed by atoms with Gasteiger partial charge in [0, 0.05) is 27.6 Å². The van der Waals surface area contributed by atoms with Gasteiger partial charge in [-0.05, 0) is 30.3 Å². The third kappa shape index (κ3) is 3.38. The topological polar surface area (TPSA) is 81.4 Å². The second kappa shape index (κ2) is 7.82. The van der Waals surface area contributed by atoms with Crippen molar-refractivity contribution in [2.75, 3.05) is 0 Å². The summed E-state index contributed by atoms with van der Waals surface area (Å²) in [6.45, 7) is 0. The summed E-state index contributed by atoms with van der Waals surface area (Å²) in [5.74, 6) is -0.598. The van der Waals surface area contributed by atoms with E-state index >= 15 is 0 Å². The van der Waals surface area contributed by atoms with Crippen molar-refractivity contribution < 1.29 is 17.6 Å². The smallest absolute Gasteiger partial charge is 0.284 e. The fourth-order valence-electron chi connectivity index (χ4n) is 4.32. The average molecular weight is 482 g/mol. The van der Waals surface area contributed by atoms with Crippen LogP contribution in [0.15, 0.2) is 106 Å². The fraction of sp³-hybridized carbons (Fsp3) is 0. The Morgan fingerprint density at radius 2 is 1.43 bits per heavy atom. The maximum Gasteiger partial charge on any atom is 0.284 e. The molecule has 8 heteroatoms. The molecule has 0 saturated heterocycles. The molecule has 6 nitrogen and oxygen atoms in total. The molecule has 1 aliphatic rings. The number of halogens is 1. The normalized spacial score (nSPS) is 13.2. The monoisotopic (exact) mass is 481 g/mol. The molecule has 170 valence electrons. The van der Waals surface area contributed by atoms with E-state index < -0.39 is 15.8 Å². The van der Waals surface area contributed by atoms with E-state index in [1.54, 1.807) is 54.6 Å². The molecule has 0 aliphatic heterocycles. The Morgan fingerprint density at radius 3 is 2.17 bits per heavy atom. The van der Waals surface area contributed by atoms with Crippen molar-refractivity contribution >= 4 is 32.5 Å². The summed E-state index contributed by atoms with van der Waals surface area (Å²) in [4.78, 5) is 13.0. The van der Waals surface area contributed by atoms with E-state index in [0.29, 0.717) is 38.9 Å². The number of hydrogen-bond acceptors (Lipinski definition) is 4. The van der Waals surface area contributed by atoms with Gasteiger partial charge in [-0.25, -0.2) is 9.07 Å². The van der Waals surface area contributed by atoms with Crippen molar-refractivity contribution in [1.29, 1.82) is 0 Å². The summed E-state index contributed by atoms with van der Waals surface area (Å²) in [6.07, 6.45) is 0. The van der Waals surface area contributed by atoms with Gasteiger partial charge in [-0.1, -0.05) is 66.7 Å². The number of benzene rings is 4. The zero-order valence-corrected chi connectivity index (χ0v) is 18.9. The summed E-state index contributed by atoms with van der Waals surface area (Å²) in [5, 5.41) is 5.41. The second-order valence-electron chi connectivity index (χ2n) is 8.04. The van der Waals surface area contributed by atoms with E-state index in [1.165, 1.54) is 16.8 Å². The molecule has 0 fully saturated rings. The standard InChI is InChI=1S/C27H16FN3O3S/c28-18-13-15-19(16-14-18)35(33,34)30-27(17-7-2-1-3-8-17)31-23-12-6-11-22-24(23)25(29-31)20-9-4-5-10-21(20)26(22)32/h1-16H/b30-27+. The Kier molecular flexibility index (Phi) is 4.72. The van der Waals surface area contributed by atoms with Gasteiger partial charge in [0.05, 0.1) is 10.4 Å². The molecule has 1 heterocycles. The van der Waals surface area contributed by atoms with E-state index in [-0.39, 0.29) is 16.5 Å². The van der Waals surface area contributed by atoms with Gasteiger partial charge < -0.3 is 0 Å². The van der Waals surface area contributed by atoms with E-state index in [2.05, 4.69) is 4.40 Å². The molecule has 0 N–H and O–H groups in total. The number of nitrogens with zero attached hydrogens (tertiary/aromatic N) is 3. The number of rotatable bonds is 3. The average Bonchev–Trinajstić information content (AvgIpc) is 3.27. The molecule has 5 aromatic rings. The largest absolute Gasteiger partial charge is 0.289 e. The van der Waals surface area contributed by atoms with E-state index in [1.807, 2.05) is 18.2 Å². The molecule has 35 heavy (non-hydrogen) atoms. The van der Waals surface area contributed by atoms with Gasteiger partial charge in [-0.3, -0.25) is 4.79 Å². The molecule has 1 aliphatic carbocycles. The van der Waals surface area contributed by atoms with Gasteiger partial charge in [0.25, 0.3) is 10.0 Å². The number of sulfonamides is 1. The van der Waals surface area contributed by atoms with Crippen molar-refractivity contribution in [3.8, 4) is 11.3 Å². The van der Waals surface area contributed by atoms with Gasteiger partial charge in [0.2, 0.25) is 0 Å². The summed E-state index contributed by atoms with van der Waals surface area (Å²) in [7, 11) is -4.21. The predicted octanol–water partition coefficient (Wildman–Crippen LogP) is 5.07. The Balaban J connectivity index is 1.66. The minimum atomic E-state index is -4.21. The van der Waals surface area contributed by atoms with Crippen molar-refractivity contribution in [2.45, 2.75) is 4.90 Å². The van der Waals surface area contributed by atoms with Crippen LogP contribution in [-0.4, -0.2) is 29.8 Å². The molecule has 0 radical (unpaired) electrons. The molecule has 0 bridgehead atoms. The highest BCUT2D eigenvalue weighted by molar-refractivity contribution is 7.90. The predicted molar refractivity (Wildman–Crippen MR) is 131 cm³/mol. The maximum absolute atomic E-state index is 13.4. The van der Waals surface area contributed by atoms with Crippen LogP contribution in [0.1, 0.15) is 21.5 Å². The molecule has 0 amide bonds. The van der Waals surface area contributed by atoms with Crippen LogP contribution in [-0.2, 0) is 10.0 Å². The Morgan fingerprint density at radius 1 is 0.771 bits per heavy atom. The van der Waals surface area contributed by atoms with E-state index in [9.17, 15) is 17.6 Å². The first-order valence-electron chi connectivity index (χ1n) is 10.8. The van der Waals surface area contributed by atoms with Crippen LogP contribution in [0.4, 0.5) is 4.39 Å². The quantitative estimate of drug-likeness (QED) is 0.261. The van der Waals surface area contributed by atoms with Crippen LogP contribution in [0.2, 0.25) is 0 Å². The molecule has 0 atom stereocenters. The minimum Gasteiger partial charge on any atom is -0.289 e. The Labute approximate surface area is 200 Å². The van der Waals surface area contributed by atoms with Crippen LogP contribution in [0.25, 0.3) is 22.2 Å². The van der Waals surface area contributed by atoms with Gasteiger partial charge in [-0.2, -0.15) is 13.5 Å². The molecule has 0 unspecified atom stereocenters. The van der Waals surface area contributed by atoms with Crippen LogP contribution < -0.4 is 0 Å². The third-order valence-electron chi connectivity index (χ3n) is 5.93. The Hall–Kier alpha value is -4.43. The van der Waals surface area contributed by atoms with Gasteiger partial charge in [0.1, 0.15) is 11.5 Å². The first kappa shape index (κ1) is 21.1. The minimum absolute atomic E-state index is 0.0650. The highest BCUT2D eigenvalue weighted by atomic mass is 32.2. The fourth-order valence-corrected chi connectivity index (χ4v) is 5.31. The van der Waals surface area contributed by atoms with Crippen LogP contribution in [0, 0.1) is 5.82 Å². The molecular weight excluding hydrogens is 465 g/mol. The number of ketones is 1. The zero-order valence-electron chi connectivity index (χ0n) is 18.1. The first-order chi connectivity index (χ1) is 16.9.